The standard InChI is InChI=1S/C20H32/c1-13-7-9-19(2)14(11-13)3-5-16-17(19)8-10-20-12-15(20)4-6-18(16)20/h13-18H,3-12H2,1-2H3. The van der Waals surface area contributed by atoms with E-state index < -0.39 is 0 Å². The third-order valence-corrected chi connectivity index (χ3v) is 9.29. The number of hydrogen-bond acceptors (Lipinski definition) is 0. The van der Waals surface area contributed by atoms with Gasteiger partial charge in [-0.3, -0.25) is 0 Å². The fourth-order valence-electron chi connectivity index (χ4n) is 8.15. The lowest BCUT2D eigenvalue weighted by atomic mass is 9.46. The van der Waals surface area contributed by atoms with Gasteiger partial charge in [-0.25, -0.2) is 0 Å². The molecular formula is C20H32. The number of hydrogen-bond donors (Lipinski definition) is 0. The topological polar surface area (TPSA) is 0 Å². The second-order valence-corrected chi connectivity index (χ2v) is 9.79. The van der Waals surface area contributed by atoms with Crippen LogP contribution in [0.5, 0.6) is 0 Å². The van der Waals surface area contributed by atoms with Crippen molar-refractivity contribution in [2.75, 3.05) is 0 Å². The summed E-state index contributed by atoms with van der Waals surface area (Å²) >= 11 is 0. The van der Waals surface area contributed by atoms with Crippen LogP contribution in [0, 0.1) is 46.3 Å². The Bertz CT molecular complexity index is 426. The van der Waals surface area contributed by atoms with Crippen LogP contribution in [0.3, 0.4) is 0 Å². The molecule has 112 valence electrons. The van der Waals surface area contributed by atoms with E-state index in [2.05, 4.69) is 13.8 Å². The van der Waals surface area contributed by atoms with Crippen LogP contribution in [0.4, 0.5) is 0 Å². The van der Waals surface area contributed by atoms with E-state index in [0.717, 1.165) is 34.5 Å². The van der Waals surface area contributed by atoms with E-state index in [1.54, 1.807) is 57.8 Å². The van der Waals surface area contributed by atoms with E-state index in [4.69, 9.17) is 0 Å². The van der Waals surface area contributed by atoms with Crippen molar-refractivity contribution in [2.45, 2.75) is 78.1 Å². The SMILES string of the molecule is CC1CCC2(C)C(CCC3C2CCC24CC2CCC34)C1. The second-order valence-electron chi connectivity index (χ2n) is 9.79. The third kappa shape index (κ3) is 1.40. The summed E-state index contributed by atoms with van der Waals surface area (Å²) in [6.07, 6.45) is 15.9. The molecule has 1 spiro atoms. The Morgan fingerprint density at radius 2 is 1.65 bits per heavy atom. The fraction of sp³-hybridized carbons (Fsp3) is 1.00. The molecule has 0 bridgehead atoms. The number of rotatable bonds is 0. The Morgan fingerprint density at radius 3 is 2.50 bits per heavy atom. The molecule has 5 saturated carbocycles. The number of fused-ring (bicyclic) bond motifs is 4. The van der Waals surface area contributed by atoms with Gasteiger partial charge < -0.3 is 0 Å². The Balaban J connectivity index is 1.46. The highest BCUT2D eigenvalue weighted by atomic mass is 14.7. The van der Waals surface area contributed by atoms with Crippen LogP contribution in [0.1, 0.15) is 78.1 Å². The average Bonchev–Trinajstić information content (AvgIpc) is 3.01. The average molecular weight is 272 g/mol. The summed E-state index contributed by atoms with van der Waals surface area (Å²) in [7, 11) is 0. The molecule has 0 aliphatic heterocycles. The van der Waals surface area contributed by atoms with Gasteiger partial charge in [-0.15, -0.1) is 0 Å². The molecule has 0 saturated heterocycles. The molecule has 0 aromatic rings. The van der Waals surface area contributed by atoms with Gasteiger partial charge in [-0.2, -0.15) is 0 Å². The Kier molecular flexibility index (Phi) is 2.41. The van der Waals surface area contributed by atoms with Gasteiger partial charge in [0.25, 0.3) is 0 Å². The van der Waals surface area contributed by atoms with Crippen molar-refractivity contribution in [3.63, 3.8) is 0 Å². The minimum Gasteiger partial charge on any atom is -0.0625 e. The Labute approximate surface area is 125 Å². The molecule has 0 aromatic heterocycles. The molecule has 5 aliphatic carbocycles. The highest BCUT2D eigenvalue weighted by Crippen LogP contribution is 2.76. The zero-order valence-corrected chi connectivity index (χ0v) is 13.5. The van der Waals surface area contributed by atoms with Crippen LogP contribution >= 0.6 is 0 Å². The zero-order chi connectivity index (χ0) is 13.5. The van der Waals surface area contributed by atoms with Crippen molar-refractivity contribution >= 4 is 0 Å². The molecule has 5 fully saturated rings. The van der Waals surface area contributed by atoms with Gasteiger partial charge in [0.15, 0.2) is 0 Å². The zero-order valence-electron chi connectivity index (χ0n) is 13.5. The van der Waals surface area contributed by atoms with Crippen molar-refractivity contribution < 1.29 is 0 Å². The van der Waals surface area contributed by atoms with Crippen molar-refractivity contribution in [1.29, 1.82) is 0 Å². The summed E-state index contributed by atoms with van der Waals surface area (Å²) in [6.45, 7) is 5.23. The first kappa shape index (κ1) is 12.5. The maximum absolute atomic E-state index is 2.72. The molecule has 5 rings (SSSR count). The van der Waals surface area contributed by atoms with Crippen LogP contribution in [0.2, 0.25) is 0 Å². The molecule has 0 heteroatoms. The van der Waals surface area contributed by atoms with Gasteiger partial charge in [-0.05, 0) is 104 Å². The van der Waals surface area contributed by atoms with Gasteiger partial charge in [0.1, 0.15) is 0 Å². The molecule has 0 N–H and O–H groups in total. The van der Waals surface area contributed by atoms with Crippen molar-refractivity contribution in [2.24, 2.45) is 46.3 Å². The molecule has 0 amide bonds. The molecule has 0 radical (unpaired) electrons. The van der Waals surface area contributed by atoms with Gasteiger partial charge in [0, 0.05) is 0 Å². The van der Waals surface area contributed by atoms with E-state index >= 15 is 0 Å². The van der Waals surface area contributed by atoms with Crippen LogP contribution in [-0.2, 0) is 0 Å². The first-order valence-corrected chi connectivity index (χ1v) is 9.63. The second kappa shape index (κ2) is 3.85. The summed E-state index contributed by atoms with van der Waals surface area (Å²) in [5.41, 5.74) is 1.65. The molecule has 20 heavy (non-hydrogen) atoms. The molecule has 5 aliphatic rings. The maximum atomic E-state index is 2.72. The Morgan fingerprint density at radius 1 is 0.800 bits per heavy atom. The highest BCUT2D eigenvalue weighted by Gasteiger charge is 2.68. The van der Waals surface area contributed by atoms with E-state index in [9.17, 15) is 0 Å². The summed E-state index contributed by atoms with van der Waals surface area (Å²) in [5.74, 6) is 6.71. The molecule has 0 heterocycles. The normalized spacial score (nSPS) is 63.9. The van der Waals surface area contributed by atoms with Gasteiger partial charge in [-0.1, -0.05) is 20.3 Å². The molecular weight excluding hydrogens is 240 g/mol. The largest absolute Gasteiger partial charge is 0.0625 e. The lowest BCUT2D eigenvalue weighted by Gasteiger charge is -2.59. The van der Waals surface area contributed by atoms with Gasteiger partial charge in [0.05, 0.1) is 0 Å². The summed E-state index contributed by atoms with van der Waals surface area (Å²) < 4.78 is 0. The van der Waals surface area contributed by atoms with Gasteiger partial charge in [0.2, 0.25) is 0 Å². The van der Waals surface area contributed by atoms with Crippen molar-refractivity contribution in [3.8, 4) is 0 Å². The summed E-state index contributed by atoms with van der Waals surface area (Å²) in [6, 6.07) is 0. The smallest absolute Gasteiger partial charge is 0.0235 e. The minimum absolute atomic E-state index is 0.740. The van der Waals surface area contributed by atoms with Crippen molar-refractivity contribution in [3.05, 3.63) is 0 Å². The summed E-state index contributed by atoms with van der Waals surface area (Å²) in [4.78, 5) is 0. The van der Waals surface area contributed by atoms with Crippen LogP contribution in [-0.4, -0.2) is 0 Å². The Hall–Kier alpha value is 0. The first-order chi connectivity index (χ1) is 9.63. The third-order valence-electron chi connectivity index (χ3n) is 9.29. The van der Waals surface area contributed by atoms with E-state index in [1.165, 1.54) is 18.3 Å². The molecule has 8 unspecified atom stereocenters. The monoisotopic (exact) mass is 272 g/mol. The van der Waals surface area contributed by atoms with Gasteiger partial charge >= 0.3 is 0 Å². The lowest BCUT2D eigenvalue weighted by Crippen LogP contribution is -2.51. The van der Waals surface area contributed by atoms with E-state index in [0.29, 0.717) is 0 Å². The van der Waals surface area contributed by atoms with Crippen LogP contribution < -0.4 is 0 Å². The van der Waals surface area contributed by atoms with Crippen LogP contribution in [0.25, 0.3) is 0 Å². The minimum atomic E-state index is 0.740. The fourth-order valence-corrected chi connectivity index (χ4v) is 8.15. The predicted octanol–water partition coefficient (Wildman–Crippen LogP) is 5.67. The summed E-state index contributed by atoms with van der Waals surface area (Å²) in [5, 5.41) is 0. The first-order valence-electron chi connectivity index (χ1n) is 9.63. The molecule has 0 nitrogen and oxygen atoms in total. The van der Waals surface area contributed by atoms with E-state index in [1.807, 2.05) is 0 Å². The van der Waals surface area contributed by atoms with E-state index in [-0.39, 0.29) is 0 Å². The lowest BCUT2D eigenvalue weighted by molar-refractivity contribution is -0.0992. The predicted molar refractivity (Wildman–Crippen MR) is 83.3 cm³/mol. The quantitative estimate of drug-likeness (QED) is 0.533. The maximum Gasteiger partial charge on any atom is -0.0235 e. The highest BCUT2D eigenvalue weighted by molar-refractivity contribution is 5.17. The van der Waals surface area contributed by atoms with Crippen molar-refractivity contribution in [1.82, 2.24) is 0 Å². The van der Waals surface area contributed by atoms with Crippen LogP contribution in [0.15, 0.2) is 0 Å². The molecule has 0 aromatic carbocycles. The molecule has 8 atom stereocenters.